The summed E-state index contributed by atoms with van der Waals surface area (Å²) in [6.45, 7) is 5.25. The van der Waals surface area contributed by atoms with Gasteiger partial charge < -0.3 is 10.1 Å². The lowest BCUT2D eigenvalue weighted by Gasteiger charge is -2.19. The molecule has 1 aromatic heterocycles. The van der Waals surface area contributed by atoms with Crippen LogP contribution in [-0.4, -0.2) is 13.7 Å². The minimum Gasteiger partial charge on any atom is -0.496 e. The van der Waals surface area contributed by atoms with Crippen LogP contribution in [0.25, 0.3) is 0 Å². The van der Waals surface area contributed by atoms with E-state index in [4.69, 9.17) is 4.74 Å². The molecule has 1 unspecified atom stereocenters. The van der Waals surface area contributed by atoms with Crippen molar-refractivity contribution in [3.8, 4) is 5.75 Å². The predicted octanol–water partition coefficient (Wildman–Crippen LogP) is 4.92. The van der Waals surface area contributed by atoms with Crippen molar-refractivity contribution in [2.45, 2.75) is 26.3 Å². The number of ether oxygens (including phenoxy) is 1. The van der Waals surface area contributed by atoms with Gasteiger partial charge >= 0.3 is 0 Å². The highest BCUT2D eigenvalue weighted by Crippen LogP contribution is 2.33. The van der Waals surface area contributed by atoms with Crippen LogP contribution in [0, 0.1) is 6.92 Å². The number of hydrogen-bond donors (Lipinski definition) is 1. The first kappa shape index (κ1) is 15.5. The van der Waals surface area contributed by atoms with Gasteiger partial charge in [0.2, 0.25) is 0 Å². The molecular weight excluding hydrogens is 334 g/mol. The molecule has 1 heterocycles. The monoisotopic (exact) mass is 353 g/mol. The third-order valence-corrected chi connectivity index (χ3v) is 4.93. The second-order valence-corrected chi connectivity index (χ2v) is 7.25. The molecule has 4 heteroatoms. The third-order valence-electron chi connectivity index (χ3n) is 3.24. The van der Waals surface area contributed by atoms with Crippen LogP contribution in [0.3, 0.4) is 0 Å². The minimum atomic E-state index is 0.223. The van der Waals surface area contributed by atoms with Crippen LogP contribution in [-0.2, 0) is 0 Å². The van der Waals surface area contributed by atoms with E-state index in [9.17, 15) is 0 Å². The lowest BCUT2D eigenvalue weighted by atomic mass is 10.0. The first-order valence-electron chi connectivity index (χ1n) is 6.79. The van der Waals surface area contributed by atoms with E-state index in [1.165, 1.54) is 10.4 Å². The first-order valence-corrected chi connectivity index (χ1v) is 8.39. The van der Waals surface area contributed by atoms with Gasteiger partial charge in [-0.05, 0) is 65.1 Å². The van der Waals surface area contributed by atoms with Crippen LogP contribution in [0.4, 0.5) is 0 Å². The maximum Gasteiger partial charge on any atom is 0.122 e. The highest BCUT2D eigenvalue weighted by molar-refractivity contribution is 9.11. The quantitative estimate of drug-likeness (QED) is 0.795. The van der Waals surface area contributed by atoms with Gasteiger partial charge in [-0.15, -0.1) is 11.3 Å². The van der Waals surface area contributed by atoms with Crippen LogP contribution in [0.1, 0.15) is 35.4 Å². The smallest absolute Gasteiger partial charge is 0.122 e. The van der Waals surface area contributed by atoms with Crippen LogP contribution in [0.15, 0.2) is 34.1 Å². The first-order chi connectivity index (χ1) is 9.65. The lowest BCUT2D eigenvalue weighted by Crippen LogP contribution is -2.22. The fourth-order valence-corrected chi connectivity index (χ4v) is 3.70. The summed E-state index contributed by atoms with van der Waals surface area (Å²) in [6.07, 6.45) is 1.12. The van der Waals surface area contributed by atoms with Gasteiger partial charge in [0.15, 0.2) is 0 Å². The number of benzene rings is 1. The van der Waals surface area contributed by atoms with Gasteiger partial charge in [0.05, 0.1) is 16.9 Å². The van der Waals surface area contributed by atoms with E-state index in [-0.39, 0.29) is 6.04 Å². The Hall–Kier alpha value is -0.840. The average Bonchev–Trinajstić information content (AvgIpc) is 2.87. The van der Waals surface area contributed by atoms with Crippen LogP contribution >= 0.6 is 27.3 Å². The SMILES string of the molecule is CCCNC(c1ccc(C)c(OC)c1)c1ccc(Br)s1. The number of nitrogens with one attached hydrogen (secondary N) is 1. The topological polar surface area (TPSA) is 21.3 Å². The highest BCUT2D eigenvalue weighted by atomic mass is 79.9. The Labute approximate surface area is 133 Å². The summed E-state index contributed by atoms with van der Waals surface area (Å²) in [4.78, 5) is 1.32. The zero-order valence-corrected chi connectivity index (χ0v) is 14.5. The molecule has 1 atom stereocenters. The molecule has 2 aromatic rings. The average molecular weight is 354 g/mol. The Morgan fingerprint density at radius 2 is 2.10 bits per heavy atom. The summed E-state index contributed by atoms with van der Waals surface area (Å²) < 4.78 is 6.61. The Balaban J connectivity index is 2.35. The van der Waals surface area contributed by atoms with Gasteiger partial charge in [-0.3, -0.25) is 0 Å². The number of thiophene rings is 1. The van der Waals surface area contributed by atoms with Gasteiger partial charge in [0.25, 0.3) is 0 Å². The molecule has 0 amide bonds. The molecule has 0 aliphatic heterocycles. The van der Waals surface area contributed by atoms with Crippen molar-refractivity contribution in [3.05, 3.63) is 50.1 Å². The molecular formula is C16H20BrNOS. The molecule has 0 fully saturated rings. The van der Waals surface area contributed by atoms with E-state index < -0.39 is 0 Å². The predicted molar refractivity (Wildman–Crippen MR) is 89.9 cm³/mol. The summed E-state index contributed by atoms with van der Waals surface area (Å²) >= 11 is 5.32. The fraction of sp³-hybridized carbons (Fsp3) is 0.375. The normalized spacial score (nSPS) is 12.4. The van der Waals surface area contributed by atoms with Gasteiger partial charge in [-0.2, -0.15) is 0 Å². The van der Waals surface area contributed by atoms with Crippen molar-refractivity contribution < 1.29 is 4.74 Å². The maximum atomic E-state index is 5.45. The molecule has 2 rings (SSSR count). The molecule has 2 nitrogen and oxygen atoms in total. The molecule has 0 spiro atoms. The standard InChI is InChI=1S/C16H20BrNOS/c1-4-9-18-16(14-7-8-15(17)20-14)12-6-5-11(2)13(10-12)19-3/h5-8,10,16,18H,4,9H2,1-3H3. The van der Waals surface area contributed by atoms with E-state index in [1.807, 2.05) is 0 Å². The van der Waals surface area contributed by atoms with Crippen molar-refractivity contribution in [3.63, 3.8) is 0 Å². The summed E-state index contributed by atoms with van der Waals surface area (Å²) in [7, 11) is 1.72. The van der Waals surface area contributed by atoms with Crippen molar-refractivity contribution in [2.24, 2.45) is 0 Å². The van der Waals surface area contributed by atoms with Gasteiger partial charge in [-0.1, -0.05) is 19.1 Å². The highest BCUT2D eigenvalue weighted by Gasteiger charge is 2.16. The minimum absolute atomic E-state index is 0.223. The van der Waals surface area contributed by atoms with Crippen molar-refractivity contribution >= 4 is 27.3 Å². The summed E-state index contributed by atoms with van der Waals surface area (Å²) in [5.74, 6) is 0.946. The van der Waals surface area contributed by atoms with Crippen molar-refractivity contribution in [1.29, 1.82) is 0 Å². The number of aryl methyl sites for hydroxylation is 1. The Morgan fingerprint density at radius 1 is 1.30 bits per heavy atom. The van der Waals surface area contributed by atoms with E-state index in [2.05, 4.69) is 65.4 Å². The largest absolute Gasteiger partial charge is 0.496 e. The number of halogens is 1. The molecule has 0 aliphatic rings. The molecule has 0 radical (unpaired) electrons. The molecule has 108 valence electrons. The summed E-state index contributed by atoms with van der Waals surface area (Å²) in [5, 5.41) is 3.62. The van der Waals surface area contributed by atoms with Crippen molar-refractivity contribution in [1.82, 2.24) is 5.32 Å². The molecule has 0 aliphatic carbocycles. The molecule has 0 saturated heterocycles. The fourth-order valence-electron chi connectivity index (χ4n) is 2.17. The molecule has 0 saturated carbocycles. The number of hydrogen-bond acceptors (Lipinski definition) is 3. The molecule has 0 bridgehead atoms. The van der Waals surface area contributed by atoms with Crippen molar-refractivity contribution in [2.75, 3.05) is 13.7 Å². The Bertz CT molecular complexity index is 567. The van der Waals surface area contributed by atoms with Gasteiger partial charge in [-0.25, -0.2) is 0 Å². The lowest BCUT2D eigenvalue weighted by molar-refractivity contribution is 0.410. The Kier molecular flexibility index (Phi) is 5.64. The zero-order chi connectivity index (χ0) is 14.5. The third kappa shape index (κ3) is 3.62. The summed E-state index contributed by atoms with van der Waals surface area (Å²) in [6, 6.07) is 10.9. The number of methoxy groups -OCH3 is 1. The van der Waals surface area contributed by atoms with E-state index in [0.717, 1.165) is 28.1 Å². The van der Waals surface area contributed by atoms with Crippen LogP contribution in [0.5, 0.6) is 5.75 Å². The van der Waals surface area contributed by atoms with E-state index >= 15 is 0 Å². The van der Waals surface area contributed by atoms with Crippen LogP contribution < -0.4 is 10.1 Å². The summed E-state index contributed by atoms with van der Waals surface area (Å²) in [5.41, 5.74) is 2.41. The second-order valence-electron chi connectivity index (χ2n) is 4.76. The maximum absolute atomic E-state index is 5.45. The van der Waals surface area contributed by atoms with E-state index in [1.54, 1.807) is 18.4 Å². The van der Waals surface area contributed by atoms with Gasteiger partial charge in [0.1, 0.15) is 5.75 Å². The number of rotatable bonds is 6. The Morgan fingerprint density at radius 3 is 2.70 bits per heavy atom. The molecule has 1 aromatic carbocycles. The van der Waals surface area contributed by atoms with Crippen LogP contribution in [0.2, 0.25) is 0 Å². The zero-order valence-electron chi connectivity index (χ0n) is 12.1. The van der Waals surface area contributed by atoms with E-state index in [0.29, 0.717) is 0 Å². The van der Waals surface area contributed by atoms with Gasteiger partial charge in [0, 0.05) is 4.88 Å². The molecule has 20 heavy (non-hydrogen) atoms. The second kappa shape index (κ2) is 7.25. The molecule has 1 N–H and O–H groups in total.